The summed E-state index contributed by atoms with van der Waals surface area (Å²) in [7, 11) is 2.01. The lowest BCUT2D eigenvalue weighted by molar-refractivity contribution is 0.208. The molecule has 0 aliphatic heterocycles. The maximum Gasteiger partial charge on any atom is 0.120 e. The largest absolute Gasteiger partial charge is 0.508 e. The lowest BCUT2D eigenvalue weighted by Crippen LogP contribution is -2.36. The number of nitrogens with two attached hydrogens (primary N) is 1. The first-order valence-electron chi connectivity index (χ1n) is 5.70. The van der Waals surface area contributed by atoms with Gasteiger partial charge in [-0.1, -0.05) is 25.4 Å². The van der Waals surface area contributed by atoms with Crippen molar-refractivity contribution >= 4 is 11.6 Å². The minimum absolute atomic E-state index is 0.0724. The fraction of sp³-hybridized carbons (Fsp3) is 0.538. The number of benzene rings is 1. The number of hydrogen-bond acceptors (Lipinski definition) is 3. The number of rotatable bonds is 5. The number of hydrogen-bond donors (Lipinski definition) is 2. The van der Waals surface area contributed by atoms with Crippen molar-refractivity contribution < 1.29 is 5.11 Å². The predicted octanol–water partition coefficient (Wildman–Crippen LogP) is 2.46. The average Bonchev–Trinajstić information content (AvgIpc) is 2.23. The molecule has 0 aliphatic carbocycles. The van der Waals surface area contributed by atoms with Crippen LogP contribution in [0.1, 0.15) is 19.4 Å². The van der Waals surface area contributed by atoms with E-state index in [4.69, 9.17) is 17.3 Å². The molecule has 0 saturated carbocycles. The molecule has 0 unspecified atom stereocenters. The highest BCUT2D eigenvalue weighted by molar-refractivity contribution is 6.30. The van der Waals surface area contributed by atoms with Gasteiger partial charge >= 0.3 is 0 Å². The zero-order valence-electron chi connectivity index (χ0n) is 10.7. The summed E-state index contributed by atoms with van der Waals surface area (Å²) in [5.41, 5.74) is 6.62. The Hall–Kier alpha value is -0.770. The Labute approximate surface area is 108 Å². The molecule has 0 saturated heterocycles. The van der Waals surface area contributed by atoms with E-state index in [1.807, 2.05) is 7.05 Å². The Kier molecular flexibility index (Phi) is 4.80. The fourth-order valence-corrected chi connectivity index (χ4v) is 2.02. The van der Waals surface area contributed by atoms with Crippen molar-refractivity contribution in [2.75, 3.05) is 20.1 Å². The second kappa shape index (κ2) is 5.71. The normalized spacial score (nSPS) is 12.1. The zero-order valence-corrected chi connectivity index (χ0v) is 11.5. The third-order valence-electron chi connectivity index (χ3n) is 2.73. The lowest BCUT2D eigenvalue weighted by Gasteiger charge is -2.29. The van der Waals surface area contributed by atoms with E-state index in [1.54, 1.807) is 18.2 Å². The van der Waals surface area contributed by atoms with Crippen LogP contribution in [0.5, 0.6) is 5.75 Å². The zero-order chi connectivity index (χ0) is 13.1. The van der Waals surface area contributed by atoms with E-state index in [0.717, 1.165) is 12.1 Å². The third-order valence-corrected chi connectivity index (χ3v) is 2.97. The quantitative estimate of drug-likeness (QED) is 0.851. The van der Waals surface area contributed by atoms with Crippen LogP contribution in [0, 0.1) is 5.41 Å². The molecule has 0 amide bonds. The van der Waals surface area contributed by atoms with Gasteiger partial charge in [-0.15, -0.1) is 0 Å². The van der Waals surface area contributed by atoms with E-state index in [-0.39, 0.29) is 11.2 Å². The summed E-state index contributed by atoms with van der Waals surface area (Å²) >= 11 is 5.91. The van der Waals surface area contributed by atoms with Gasteiger partial charge in [0.1, 0.15) is 5.75 Å². The van der Waals surface area contributed by atoms with Crippen molar-refractivity contribution in [3.05, 3.63) is 28.8 Å². The molecule has 3 N–H and O–H groups in total. The lowest BCUT2D eigenvalue weighted by atomic mass is 9.93. The van der Waals surface area contributed by atoms with Crippen molar-refractivity contribution in [3.8, 4) is 5.75 Å². The fourth-order valence-electron chi connectivity index (χ4n) is 1.82. The average molecular weight is 257 g/mol. The summed E-state index contributed by atoms with van der Waals surface area (Å²) in [6.45, 7) is 6.42. The van der Waals surface area contributed by atoms with Gasteiger partial charge in [-0.25, -0.2) is 0 Å². The van der Waals surface area contributed by atoms with Gasteiger partial charge in [0.15, 0.2) is 0 Å². The molecule has 0 spiro atoms. The Bertz CT molecular complexity index is 380. The van der Waals surface area contributed by atoms with Crippen LogP contribution >= 0.6 is 11.6 Å². The number of nitrogens with zero attached hydrogens (tertiary/aromatic N) is 1. The van der Waals surface area contributed by atoms with Gasteiger partial charge in [-0.2, -0.15) is 0 Å². The maximum absolute atomic E-state index is 9.73. The maximum atomic E-state index is 9.73. The molecule has 0 radical (unpaired) electrons. The number of phenolic OH excluding ortho intramolecular Hbond substituents is 1. The second-order valence-corrected chi connectivity index (χ2v) is 5.75. The van der Waals surface area contributed by atoms with Crippen molar-refractivity contribution in [2.45, 2.75) is 20.4 Å². The number of halogens is 1. The molecule has 0 atom stereocenters. The van der Waals surface area contributed by atoms with E-state index in [0.29, 0.717) is 18.1 Å². The molecule has 96 valence electrons. The first kappa shape index (κ1) is 14.3. The van der Waals surface area contributed by atoms with Crippen LogP contribution in [-0.2, 0) is 6.54 Å². The highest BCUT2D eigenvalue weighted by Crippen LogP contribution is 2.23. The predicted molar refractivity (Wildman–Crippen MR) is 72.3 cm³/mol. The SMILES string of the molecule is CN(Cc1cc(Cl)ccc1O)CC(C)(C)CN. The molecule has 0 fully saturated rings. The molecule has 17 heavy (non-hydrogen) atoms. The highest BCUT2D eigenvalue weighted by Gasteiger charge is 2.18. The molecule has 0 heterocycles. The molecule has 4 heteroatoms. The summed E-state index contributed by atoms with van der Waals surface area (Å²) < 4.78 is 0. The number of phenols is 1. The van der Waals surface area contributed by atoms with Crippen LogP contribution in [-0.4, -0.2) is 30.1 Å². The monoisotopic (exact) mass is 256 g/mol. The van der Waals surface area contributed by atoms with Crippen LogP contribution in [0.15, 0.2) is 18.2 Å². The Morgan fingerprint density at radius 3 is 2.65 bits per heavy atom. The third kappa shape index (κ3) is 4.54. The molecule has 0 bridgehead atoms. The standard InChI is InChI=1S/C13H21ClN2O/c1-13(2,8-15)9-16(3)7-10-6-11(14)4-5-12(10)17/h4-6,17H,7-9,15H2,1-3H3. The van der Waals surface area contributed by atoms with Crippen molar-refractivity contribution in [3.63, 3.8) is 0 Å². The Balaban J connectivity index is 2.68. The highest BCUT2D eigenvalue weighted by atomic mass is 35.5. The Morgan fingerprint density at radius 1 is 1.41 bits per heavy atom. The smallest absolute Gasteiger partial charge is 0.120 e. The van der Waals surface area contributed by atoms with Gasteiger partial charge in [-0.05, 0) is 37.2 Å². The molecule has 1 rings (SSSR count). The first-order chi connectivity index (χ1) is 7.84. The van der Waals surface area contributed by atoms with Gasteiger partial charge < -0.3 is 15.7 Å². The van der Waals surface area contributed by atoms with Crippen LogP contribution in [0.25, 0.3) is 0 Å². The summed E-state index contributed by atoms with van der Waals surface area (Å²) in [5.74, 6) is 0.284. The van der Waals surface area contributed by atoms with Crippen LogP contribution in [0.2, 0.25) is 5.02 Å². The van der Waals surface area contributed by atoms with E-state index in [9.17, 15) is 5.11 Å². The topological polar surface area (TPSA) is 49.5 Å². The van der Waals surface area contributed by atoms with Crippen molar-refractivity contribution in [1.29, 1.82) is 0 Å². The van der Waals surface area contributed by atoms with E-state index >= 15 is 0 Å². The molecular formula is C13H21ClN2O. The minimum atomic E-state index is 0.0724. The van der Waals surface area contributed by atoms with Gasteiger partial charge in [0.25, 0.3) is 0 Å². The molecule has 1 aromatic rings. The molecule has 0 aliphatic rings. The van der Waals surface area contributed by atoms with Crippen LogP contribution < -0.4 is 5.73 Å². The minimum Gasteiger partial charge on any atom is -0.508 e. The summed E-state index contributed by atoms with van der Waals surface area (Å²) in [5, 5.41) is 10.4. The van der Waals surface area contributed by atoms with Crippen LogP contribution in [0.4, 0.5) is 0 Å². The first-order valence-corrected chi connectivity index (χ1v) is 6.08. The Morgan fingerprint density at radius 2 is 2.06 bits per heavy atom. The summed E-state index contributed by atoms with van der Waals surface area (Å²) in [6.07, 6.45) is 0. The van der Waals surface area contributed by atoms with E-state index in [2.05, 4.69) is 18.7 Å². The molecule has 0 aromatic heterocycles. The van der Waals surface area contributed by atoms with Gasteiger partial charge in [-0.3, -0.25) is 0 Å². The second-order valence-electron chi connectivity index (χ2n) is 5.31. The summed E-state index contributed by atoms with van der Waals surface area (Å²) in [4.78, 5) is 2.14. The van der Waals surface area contributed by atoms with Crippen molar-refractivity contribution in [1.82, 2.24) is 4.90 Å². The van der Waals surface area contributed by atoms with Gasteiger partial charge in [0, 0.05) is 23.7 Å². The molecular weight excluding hydrogens is 236 g/mol. The van der Waals surface area contributed by atoms with E-state index < -0.39 is 0 Å². The number of aromatic hydroxyl groups is 1. The summed E-state index contributed by atoms with van der Waals surface area (Å²) in [6, 6.07) is 5.10. The van der Waals surface area contributed by atoms with Gasteiger partial charge in [0.2, 0.25) is 0 Å². The van der Waals surface area contributed by atoms with Crippen molar-refractivity contribution in [2.24, 2.45) is 11.1 Å². The molecule has 1 aromatic carbocycles. The molecule has 3 nitrogen and oxygen atoms in total. The van der Waals surface area contributed by atoms with E-state index in [1.165, 1.54) is 0 Å². The van der Waals surface area contributed by atoms with Gasteiger partial charge in [0.05, 0.1) is 0 Å². The van der Waals surface area contributed by atoms with Crippen LogP contribution in [0.3, 0.4) is 0 Å².